The first-order valence-corrected chi connectivity index (χ1v) is 24.1. The first-order chi connectivity index (χ1) is 33.4. The molecule has 0 fully saturated rings. The zero-order chi connectivity index (χ0) is 52.0. The minimum absolute atomic E-state index is 0.0113. The normalized spacial score (nSPS) is 15.8. The van der Waals surface area contributed by atoms with Crippen molar-refractivity contribution in [3.63, 3.8) is 0 Å². The number of carbonyl (C=O) groups is 7. The van der Waals surface area contributed by atoms with Gasteiger partial charge in [-0.1, -0.05) is 68.7 Å². The molecule has 4 heterocycles. The van der Waals surface area contributed by atoms with E-state index in [1.165, 1.54) is 0 Å². The summed E-state index contributed by atoms with van der Waals surface area (Å²) in [5, 5.41) is 14.1. The fourth-order valence-electron chi connectivity index (χ4n) is 8.25. The second kappa shape index (κ2) is 21.9. The van der Waals surface area contributed by atoms with Crippen molar-refractivity contribution < 1.29 is 52.5 Å². The van der Waals surface area contributed by atoms with Gasteiger partial charge >= 0.3 is 30.2 Å². The Morgan fingerprint density at radius 3 is 2.32 bits per heavy atom. The largest absolute Gasteiger partial charge is 0.457 e. The Balaban J connectivity index is 1.03. The molecule has 4 aromatic rings. The highest BCUT2D eigenvalue weighted by Gasteiger charge is 2.51. The van der Waals surface area contributed by atoms with Crippen LogP contribution in [0.1, 0.15) is 103 Å². The zero-order valence-electron chi connectivity index (χ0n) is 41.0. The van der Waals surface area contributed by atoms with Crippen LogP contribution in [0.5, 0.6) is 0 Å². The topological polar surface area (TPSA) is 277 Å². The number of primary amides is 1. The fraction of sp³-hybridized carbons (Fsp3) is 0.460. The number of hydrogen-bond acceptors (Lipinski definition) is 13. The van der Waals surface area contributed by atoms with Gasteiger partial charge in [0.2, 0.25) is 17.4 Å². The Kier molecular flexibility index (Phi) is 16.5. The number of nitrogens with one attached hydrogen (secondary N) is 5. The molecule has 7 N–H and O–H groups in total. The summed E-state index contributed by atoms with van der Waals surface area (Å²) in [6.45, 7) is 13.7. The molecule has 0 saturated carbocycles. The third-order valence-corrected chi connectivity index (χ3v) is 12.6. The second-order valence-electron chi connectivity index (χ2n) is 19.7. The maximum Gasteiger partial charge on any atom is 0.408 e. The Bertz CT molecular complexity index is 2790. The fourth-order valence-corrected chi connectivity index (χ4v) is 8.72. The number of cyclic esters (lactones) is 1. The number of benzene rings is 2. The molecule has 20 nitrogen and oxygen atoms in total. The lowest BCUT2D eigenvalue weighted by Gasteiger charge is -2.36. The summed E-state index contributed by atoms with van der Waals surface area (Å²) in [6.07, 6.45) is -1.40. The number of carbonyl (C=O) groups excluding carboxylic acids is 7. The number of pyridine rings is 2. The van der Waals surface area contributed by atoms with E-state index in [1.807, 2.05) is 24.3 Å². The molecular weight excluding hydrogens is 984 g/mol. The lowest BCUT2D eigenvalue weighted by atomic mass is 9.85. The molecule has 2 aromatic heterocycles. The molecule has 380 valence electrons. The number of urea groups is 1. The molecule has 1 unspecified atom stereocenters. The smallest absolute Gasteiger partial charge is 0.408 e. The molecule has 2 aliphatic rings. The van der Waals surface area contributed by atoms with E-state index in [4.69, 9.17) is 29.7 Å². The molecule has 2 aliphatic heterocycles. The highest BCUT2D eigenvalue weighted by molar-refractivity contribution is 9.10. The Hall–Kier alpha value is -7.03. The van der Waals surface area contributed by atoms with Crippen LogP contribution < -0.4 is 37.9 Å². The van der Waals surface area contributed by atoms with E-state index in [-0.39, 0.29) is 81.1 Å². The SMILES string of the molecule is CC[C@@]1(OC(=O)CC(C)(C)CNC(=O)OCc2ccc(NC(=O)[C@H](CCCNC(N)=O)NC(=O)C(NC(=O)OC(C)(C)C)C(C)C)cc2)C(=O)OCc2c1cc1n(c2=O)Cc2cc3c(Br)cccc3nc2-1. The van der Waals surface area contributed by atoms with E-state index in [2.05, 4.69) is 42.5 Å². The van der Waals surface area contributed by atoms with E-state index in [0.717, 1.165) is 20.9 Å². The van der Waals surface area contributed by atoms with Gasteiger partial charge in [0.1, 0.15) is 30.9 Å². The van der Waals surface area contributed by atoms with Crippen molar-refractivity contribution in [3.05, 3.63) is 91.7 Å². The molecule has 71 heavy (non-hydrogen) atoms. The monoisotopic (exact) mass is 1040 g/mol. The van der Waals surface area contributed by atoms with Crippen LogP contribution in [0.15, 0.2) is 63.9 Å². The van der Waals surface area contributed by atoms with Crippen molar-refractivity contribution in [2.75, 3.05) is 18.4 Å². The number of hydrogen-bond donors (Lipinski definition) is 6. The quantitative estimate of drug-likeness (QED) is 0.0327. The van der Waals surface area contributed by atoms with Gasteiger partial charge in [0, 0.05) is 39.8 Å². The standard InChI is InChI=1S/C50H61BrN8O12/c1-9-50(33-21-37-40-29(20-31-34(51)12-10-13-35(31)56-40)23-59(37)43(63)32(33)25-68-44(50)64)70-38(60)22-49(7,8)26-54-46(66)69-24-28-15-17-30(18-16-28)55-41(61)36(14-11-19-53-45(52)65)57-42(62)39(27(2)3)58-47(67)71-48(4,5)6/h10,12-13,15-18,20-21,27,36,39H,9,11,14,19,22-26H2,1-8H3,(H,54,66)(H,55,61)(H,57,62)(H,58,67)(H3,52,53,65)/t36-,39?,50-/m0/s1. The number of esters is 2. The van der Waals surface area contributed by atoms with Gasteiger partial charge in [0.05, 0.1) is 35.4 Å². The van der Waals surface area contributed by atoms with Crippen molar-refractivity contribution in [3.8, 4) is 11.4 Å². The van der Waals surface area contributed by atoms with E-state index >= 15 is 0 Å². The van der Waals surface area contributed by atoms with E-state index in [9.17, 15) is 38.4 Å². The molecule has 0 aliphatic carbocycles. The zero-order valence-corrected chi connectivity index (χ0v) is 42.6. The first kappa shape index (κ1) is 53.3. The molecule has 0 saturated heterocycles. The van der Waals surface area contributed by atoms with Crippen LogP contribution >= 0.6 is 15.9 Å². The average Bonchev–Trinajstić information content (AvgIpc) is 3.65. The number of nitrogens with two attached hydrogens (primary N) is 1. The third-order valence-electron chi connectivity index (χ3n) is 11.9. The predicted octanol–water partition coefficient (Wildman–Crippen LogP) is 6.16. The molecule has 21 heteroatoms. The second-order valence-corrected chi connectivity index (χ2v) is 20.5. The number of alkyl carbamates (subject to hydrolysis) is 2. The molecule has 0 radical (unpaired) electrons. The summed E-state index contributed by atoms with van der Waals surface area (Å²) < 4.78 is 24.7. The summed E-state index contributed by atoms with van der Waals surface area (Å²) in [4.78, 5) is 110. The summed E-state index contributed by atoms with van der Waals surface area (Å²) in [5.41, 5.74) is 5.29. The lowest BCUT2D eigenvalue weighted by molar-refractivity contribution is -0.190. The van der Waals surface area contributed by atoms with Gasteiger partial charge in [0.15, 0.2) is 0 Å². The summed E-state index contributed by atoms with van der Waals surface area (Å²) in [7, 11) is 0. The van der Waals surface area contributed by atoms with Crippen molar-refractivity contribution in [1.82, 2.24) is 30.8 Å². The number of amides is 6. The van der Waals surface area contributed by atoms with E-state index in [0.29, 0.717) is 22.6 Å². The molecule has 2 aromatic carbocycles. The minimum atomic E-state index is -1.90. The number of nitrogens with zero attached hydrogens (tertiary/aromatic N) is 2. The van der Waals surface area contributed by atoms with Gasteiger partial charge in [-0.25, -0.2) is 24.2 Å². The first-order valence-electron chi connectivity index (χ1n) is 23.3. The van der Waals surface area contributed by atoms with Crippen LogP contribution in [0, 0.1) is 11.3 Å². The lowest BCUT2D eigenvalue weighted by Crippen LogP contribution is -2.55. The van der Waals surface area contributed by atoms with E-state index < -0.39 is 70.7 Å². The van der Waals surface area contributed by atoms with Gasteiger partial charge in [-0.3, -0.25) is 19.2 Å². The average molecular weight is 1050 g/mol. The maximum atomic E-state index is 14.0. The molecule has 0 bridgehead atoms. The summed E-state index contributed by atoms with van der Waals surface area (Å²) in [5.74, 6) is -3.08. The van der Waals surface area contributed by atoms with Crippen LogP contribution in [-0.4, -0.2) is 82.3 Å². The van der Waals surface area contributed by atoms with Crippen LogP contribution in [0.3, 0.4) is 0 Å². The Morgan fingerprint density at radius 1 is 0.944 bits per heavy atom. The molecule has 6 rings (SSSR count). The van der Waals surface area contributed by atoms with Gasteiger partial charge in [0.25, 0.3) is 5.56 Å². The number of ether oxygens (including phenoxy) is 4. The minimum Gasteiger partial charge on any atom is -0.457 e. The highest BCUT2D eigenvalue weighted by Crippen LogP contribution is 2.42. The van der Waals surface area contributed by atoms with Crippen LogP contribution in [-0.2, 0) is 63.5 Å². The maximum absolute atomic E-state index is 14.0. The van der Waals surface area contributed by atoms with Gasteiger partial charge in [-0.05, 0) is 93.3 Å². The number of fused-ring (bicyclic) bond motifs is 5. The Morgan fingerprint density at radius 2 is 1.66 bits per heavy atom. The number of rotatable bonds is 18. The summed E-state index contributed by atoms with van der Waals surface area (Å²) >= 11 is 3.58. The molecular formula is C50H61BrN8O12. The van der Waals surface area contributed by atoms with Crippen molar-refractivity contribution >= 4 is 74.5 Å². The highest BCUT2D eigenvalue weighted by atomic mass is 79.9. The van der Waals surface area contributed by atoms with E-state index in [1.54, 1.807) is 90.3 Å². The number of halogens is 1. The van der Waals surface area contributed by atoms with Crippen molar-refractivity contribution in [1.29, 1.82) is 0 Å². The molecule has 6 amide bonds. The number of anilines is 1. The van der Waals surface area contributed by atoms with Crippen LogP contribution in [0.4, 0.5) is 20.1 Å². The van der Waals surface area contributed by atoms with Gasteiger partial charge in [-0.15, -0.1) is 0 Å². The van der Waals surface area contributed by atoms with Gasteiger partial charge < -0.3 is 55.8 Å². The van der Waals surface area contributed by atoms with Crippen molar-refractivity contribution in [2.45, 2.75) is 124 Å². The number of aromatic nitrogens is 2. The molecule has 0 spiro atoms. The third kappa shape index (κ3) is 13.0. The van der Waals surface area contributed by atoms with Gasteiger partial charge in [-0.2, -0.15) is 0 Å². The van der Waals surface area contributed by atoms with Crippen LogP contribution in [0.2, 0.25) is 0 Å². The van der Waals surface area contributed by atoms with Crippen molar-refractivity contribution in [2.24, 2.45) is 17.1 Å². The molecule has 3 atom stereocenters. The Labute approximate surface area is 419 Å². The van der Waals surface area contributed by atoms with Crippen LogP contribution in [0.25, 0.3) is 22.3 Å². The predicted molar refractivity (Wildman–Crippen MR) is 265 cm³/mol. The summed E-state index contributed by atoms with van der Waals surface area (Å²) in [6, 6.07) is 12.9.